The first kappa shape index (κ1) is 17.3. The van der Waals surface area contributed by atoms with Gasteiger partial charge in [-0.25, -0.2) is 0 Å². The summed E-state index contributed by atoms with van der Waals surface area (Å²) >= 11 is 5.82. The van der Waals surface area contributed by atoms with Crippen LogP contribution >= 0.6 is 11.6 Å². The molecular formula is C20H21ClO2. The number of carbonyl (C=O) groups excluding carboxylic acids is 1. The molecule has 0 atom stereocenters. The fourth-order valence-corrected chi connectivity index (χ4v) is 2.23. The molecule has 0 aliphatic heterocycles. The Bertz CT molecular complexity index is 642. The Morgan fingerprint density at radius 3 is 2.39 bits per heavy atom. The third-order valence-corrected chi connectivity index (χ3v) is 3.70. The minimum atomic E-state index is -0.0402. The number of hydrogen-bond acceptors (Lipinski definition) is 2. The van der Waals surface area contributed by atoms with Gasteiger partial charge in [0.25, 0.3) is 0 Å². The second-order valence-corrected chi connectivity index (χ2v) is 5.77. The second kappa shape index (κ2) is 9.16. The Morgan fingerprint density at radius 1 is 1.04 bits per heavy atom. The molecule has 2 aromatic carbocycles. The summed E-state index contributed by atoms with van der Waals surface area (Å²) in [5.41, 5.74) is 1.59. The van der Waals surface area contributed by atoms with Gasteiger partial charge in [0.05, 0.1) is 6.61 Å². The number of hydrogen-bond donors (Lipinski definition) is 0. The predicted molar refractivity (Wildman–Crippen MR) is 96.3 cm³/mol. The lowest BCUT2D eigenvalue weighted by Gasteiger charge is -2.05. The molecule has 2 aromatic rings. The molecule has 120 valence electrons. The molecule has 0 bridgehead atoms. The fourth-order valence-electron chi connectivity index (χ4n) is 2.10. The molecular weight excluding hydrogens is 308 g/mol. The summed E-state index contributed by atoms with van der Waals surface area (Å²) in [6.07, 6.45) is 6.83. The zero-order valence-electron chi connectivity index (χ0n) is 13.3. The molecule has 3 heteroatoms. The number of carbonyl (C=O) groups is 1. The van der Waals surface area contributed by atoms with Crippen LogP contribution in [0.25, 0.3) is 6.08 Å². The number of halogens is 1. The van der Waals surface area contributed by atoms with Crippen LogP contribution in [0.2, 0.25) is 5.02 Å². The molecule has 23 heavy (non-hydrogen) atoms. The molecule has 0 N–H and O–H groups in total. The van der Waals surface area contributed by atoms with Crippen LogP contribution < -0.4 is 4.74 Å². The maximum absolute atomic E-state index is 12.0. The van der Waals surface area contributed by atoms with Crippen molar-refractivity contribution >= 4 is 23.5 Å². The summed E-state index contributed by atoms with van der Waals surface area (Å²) < 4.78 is 5.67. The van der Waals surface area contributed by atoms with Gasteiger partial charge in [0.2, 0.25) is 0 Å². The fraction of sp³-hybridized carbons (Fsp3) is 0.250. The molecule has 0 radical (unpaired) electrons. The van der Waals surface area contributed by atoms with E-state index in [2.05, 4.69) is 6.92 Å². The topological polar surface area (TPSA) is 26.3 Å². The highest BCUT2D eigenvalue weighted by molar-refractivity contribution is 6.30. The first-order chi connectivity index (χ1) is 11.2. The summed E-state index contributed by atoms with van der Waals surface area (Å²) in [7, 11) is 0. The lowest BCUT2D eigenvalue weighted by Crippen LogP contribution is -1.96. The summed E-state index contributed by atoms with van der Waals surface area (Å²) in [6, 6.07) is 14.6. The van der Waals surface area contributed by atoms with Gasteiger partial charge in [-0.1, -0.05) is 49.6 Å². The van der Waals surface area contributed by atoms with E-state index in [4.69, 9.17) is 16.3 Å². The van der Waals surface area contributed by atoms with E-state index in [1.165, 1.54) is 12.8 Å². The van der Waals surface area contributed by atoms with Gasteiger partial charge in [-0.15, -0.1) is 0 Å². The zero-order chi connectivity index (χ0) is 16.5. The van der Waals surface area contributed by atoms with E-state index in [-0.39, 0.29) is 5.78 Å². The number of allylic oxidation sites excluding steroid dienone is 1. The highest BCUT2D eigenvalue weighted by Gasteiger charge is 2.01. The zero-order valence-corrected chi connectivity index (χ0v) is 14.1. The molecule has 2 nitrogen and oxygen atoms in total. The average molecular weight is 329 g/mol. The number of ether oxygens (including phenoxy) is 1. The van der Waals surface area contributed by atoms with E-state index in [0.717, 1.165) is 24.3 Å². The molecule has 2 rings (SSSR count). The summed E-state index contributed by atoms with van der Waals surface area (Å²) in [4.78, 5) is 12.0. The maximum atomic E-state index is 12.0. The second-order valence-electron chi connectivity index (χ2n) is 5.33. The van der Waals surface area contributed by atoms with Crippen molar-refractivity contribution in [3.8, 4) is 5.75 Å². The van der Waals surface area contributed by atoms with Crippen LogP contribution in [0.15, 0.2) is 54.6 Å². The van der Waals surface area contributed by atoms with Crippen LogP contribution in [0, 0.1) is 0 Å². The molecule has 0 saturated heterocycles. The Labute approximate surface area is 142 Å². The molecule has 0 heterocycles. The first-order valence-electron chi connectivity index (χ1n) is 7.90. The number of rotatable bonds is 8. The molecule has 0 aliphatic rings. The number of unbranched alkanes of at least 4 members (excludes halogenated alkanes) is 2. The molecule has 0 unspecified atom stereocenters. The van der Waals surface area contributed by atoms with Crippen molar-refractivity contribution in [2.45, 2.75) is 26.2 Å². The molecule has 0 spiro atoms. The van der Waals surface area contributed by atoms with E-state index in [1.807, 2.05) is 24.3 Å². The normalized spacial score (nSPS) is 10.9. The Morgan fingerprint density at radius 2 is 1.74 bits per heavy atom. The van der Waals surface area contributed by atoms with Crippen molar-refractivity contribution < 1.29 is 9.53 Å². The summed E-state index contributed by atoms with van der Waals surface area (Å²) in [5, 5.41) is 0.625. The summed E-state index contributed by atoms with van der Waals surface area (Å²) in [6.45, 7) is 2.92. The SMILES string of the molecule is CCCCCOc1ccc(/C=C/C(=O)c2ccc(Cl)cc2)cc1. The average Bonchev–Trinajstić information content (AvgIpc) is 2.58. The Hall–Kier alpha value is -2.06. The van der Waals surface area contributed by atoms with Crippen molar-refractivity contribution in [1.29, 1.82) is 0 Å². The number of ketones is 1. The van der Waals surface area contributed by atoms with Gasteiger partial charge in [0.1, 0.15) is 5.75 Å². The third-order valence-electron chi connectivity index (χ3n) is 3.45. The van der Waals surface area contributed by atoms with Gasteiger partial charge < -0.3 is 4.74 Å². The lowest BCUT2D eigenvalue weighted by molar-refractivity contribution is 0.104. The van der Waals surface area contributed by atoms with Crippen LogP contribution in [0.5, 0.6) is 5.75 Å². The van der Waals surface area contributed by atoms with Crippen LogP contribution in [-0.2, 0) is 0 Å². The smallest absolute Gasteiger partial charge is 0.185 e. The largest absolute Gasteiger partial charge is 0.494 e. The first-order valence-corrected chi connectivity index (χ1v) is 8.27. The highest BCUT2D eigenvalue weighted by Crippen LogP contribution is 2.15. The quantitative estimate of drug-likeness (QED) is 0.347. The minimum Gasteiger partial charge on any atom is -0.494 e. The molecule has 0 fully saturated rings. The minimum absolute atomic E-state index is 0.0402. The maximum Gasteiger partial charge on any atom is 0.185 e. The molecule has 0 aromatic heterocycles. The van der Waals surface area contributed by atoms with E-state index in [0.29, 0.717) is 10.6 Å². The van der Waals surface area contributed by atoms with E-state index < -0.39 is 0 Å². The standard InChI is InChI=1S/C20H21ClO2/c1-2-3-4-15-23-19-12-5-16(6-13-19)7-14-20(22)17-8-10-18(21)11-9-17/h5-14H,2-4,15H2,1H3/b14-7+. The summed E-state index contributed by atoms with van der Waals surface area (Å²) in [5.74, 6) is 0.823. The van der Waals surface area contributed by atoms with Crippen molar-refractivity contribution in [3.63, 3.8) is 0 Å². The number of benzene rings is 2. The molecule has 0 amide bonds. The van der Waals surface area contributed by atoms with Gasteiger partial charge in [-0.2, -0.15) is 0 Å². The van der Waals surface area contributed by atoms with Gasteiger partial charge in [0, 0.05) is 10.6 Å². The molecule has 0 aliphatic carbocycles. The third kappa shape index (κ3) is 5.91. The predicted octanol–water partition coefficient (Wildman–Crippen LogP) is 5.81. The Balaban J connectivity index is 1.89. The van der Waals surface area contributed by atoms with E-state index >= 15 is 0 Å². The van der Waals surface area contributed by atoms with Crippen LogP contribution in [0.4, 0.5) is 0 Å². The van der Waals surface area contributed by atoms with Crippen LogP contribution in [0.3, 0.4) is 0 Å². The molecule has 0 saturated carbocycles. The Kier molecular flexibility index (Phi) is 6.89. The van der Waals surface area contributed by atoms with Gasteiger partial charge in [-0.3, -0.25) is 4.79 Å². The van der Waals surface area contributed by atoms with Crippen LogP contribution in [0.1, 0.15) is 42.1 Å². The van der Waals surface area contributed by atoms with Gasteiger partial charge in [-0.05, 0) is 54.5 Å². The van der Waals surface area contributed by atoms with Crippen molar-refractivity contribution in [1.82, 2.24) is 0 Å². The van der Waals surface area contributed by atoms with Crippen molar-refractivity contribution in [3.05, 3.63) is 70.8 Å². The van der Waals surface area contributed by atoms with Gasteiger partial charge in [0.15, 0.2) is 5.78 Å². The lowest BCUT2D eigenvalue weighted by atomic mass is 10.1. The van der Waals surface area contributed by atoms with E-state index in [1.54, 1.807) is 36.4 Å². The van der Waals surface area contributed by atoms with E-state index in [9.17, 15) is 4.79 Å². The highest BCUT2D eigenvalue weighted by atomic mass is 35.5. The van der Waals surface area contributed by atoms with Crippen molar-refractivity contribution in [2.24, 2.45) is 0 Å². The monoisotopic (exact) mass is 328 g/mol. The van der Waals surface area contributed by atoms with Gasteiger partial charge >= 0.3 is 0 Å². The van der Waals surface area contributed by atoms with Crippen molar-refractivity contribution in [2.75, 3.05) is 6.61 Å². The van der Waals surface area contributed by atoms with Crippen LogP contribution in [-0.4, -0.2) is 12.4 Å².